The molecule has 1 aliphatic carbocycles. The van der Waals surface area contributed by atoms with Gasteiger partial charge in [0.1, 0.15) is 20.8 Å². The minimum Gasteiger partial charge on any atom is -0.462 e. The van der Waals surface area contributed by atoms with Crippen LogP contribution in [0, 0.1) is 6.92 Å². The zero-order chi connectivity index (χ0) is 23.5. The monoisotopic (exact) mass is 489 g/mol. The third-order valence-electron chi connectivity index (χ3n) is 5.99. The number of fused-ring (bicyclic) bond motifs is 1. The summed E-state index contributed by atoms with van der Waals surface area (Å²) in [5, 5.41) is 13.0. The molecule has 176 valence electrons. The van der Waals surface area contributed by atoms with Crippen molar-refractivity contribution in [3.63, 3.8) is 0 Å². The topological polar surface area (TPSA) is 116 Å². The van der Waals surface area contributed by atoms with Gasteiger partial charge >= 0.3 is 5.97 Å². The Morgan fingerprint density at radius 2 is 1.97 bits per heavy atom. The van der Waals surface area contributed by atoms with Gasteiger partial charge in [-0.1, -0.05) is 37.5 Å². The smallest absolute Gasteiger partial charge is 0.348 e. The zero-order valence-electron chi connectivity index (χ0n) is 18.9. The maximum Gasteiger partial charge on any atom is 0.348 e. The molecule has 0 aliphatic heterocycles. The number of carbonyl (C=O) groups is 2. The molecule has 0 spiro atoms. The Hall–Kier alpha value is -2.66. The second-order valence-corrected chi connectivity index (χ2v) is 10.1. The number of nitrogens with zero attached hydrogens (tertiary/aromatic N) is 4. The van der Waals surface area contributed by atoms with E-state index < -0.39 is 12.0 Å². The van der Waals surface area contributed by atoms with Crippen LogP contribution in [0.15, 0.2) is 11.1 Å². The van der Waals surface area contributed by atoms with E-state index in [1.807, 2.05) is 6.92 Å². The van der Waals surface area contributed by atoms with Crippen molar-refractivity contribution >= 4 is 49.9 Å². The number of nitrogens with one attached hydrogen (secondary N) is 1. The van der Waals surface area contributed by atoms with E-state index in [0.29, 0.717) is 38.1 Å². The maximum absolute atomic E-state index is 13.3. The van der Waals surface area contributed by atoms with E-state index in [1.54, 1.807) is 13.8 Å². The summed E-state index contributed by atoms with van der Waals surface area (Å²) in [5.41, 5.74) is 0.170. The Morgan fingerprint density at radius 1 is 1.21 bits per heavy atom. The number of ether oxygens (including phenoxy) is 1. The molecule has 0 radical (unpaired) electrons. The van der Waals surface area contributed by atoms with Gasteiger partial charge in [0, 0.05) is 5.92 Å². The van der Waals surface area contributed by atoms with Crippen molar-refractivity contribution in [2.24, 2.45) is 0 Å². The standard InChI is InChI=1S/C22H27N5O4S2/c1-4-14(17(28)24-22-26-25-18(33-22)13-9-7-6-8-10-13)27-11-23-19-15(20(27)29)12(3)16(32-19)21(30)31-5-2/h11,13-14H,4-10H2,1-3H3,(H,24,26,28). The predicted octanol–water partition coefficient (Wildman–Crippen LogP) is 4.43. The van der Waals surface area contributed by atoms with E-state index in [4.69, 9.17) is 4.74 Å². The minimum atomic E-state index is -0.762. The van der Waals surface area contributed by atoms with Gasteiger partial charge < -0.3 is 4.74 Å². The molecule has 4 rings (SSSR count). The van der Waals surface area contributed by atoms with E-state index >= 15 is 0 Å². The number of esters is 1. The second kappa shape index (κ2) is 10.1. The lowest BCUT2D eigenvalue weighted by molar-refractivity contribution is -0.119. The molecule has 1 atom stereocenters. The van der Waals surface area contributed by atoms with Gasteiger partial charge in [-0.05, 0) is 38.7 Å². The Labute approximate surface area is 199 Å². The molecule has 1 amide bonds. The van der Waals surface area contributed by atoms with E-state index in [1.165, 1.54) is 41.5 Å². The molecule has 1 fully saturated rings. The lowest BCUT2D eigenvalue weighted by Gasteiger charge is -2.18. The molecule has 11 heteroatoms. The first-order valence-corrected chi connectivity index (χ1v) is 12.9. The number of rotatable bonds is 7. The van der Waals surface area contributed by atoms with Gasteiger partial charge in [0.25, 0.3) is 5.56 Å². The van der Waals surface area contributed by atoms with Gasteiger partial charge in [-0.25, -0.2) is 9.78 Å². The molecule has 0 aromatic carbocycles. The average molecular weight is 490 g/mol. The quantitative estimate of drug-likeness (QED) is 0.488. The molecule has 1 N–H and O–H groups in total. The van der Waals surface area contributed by atoms with Crippen LogP contribution in [0.4, 0.5) is 5.13 Å². The summed E-state index contributed by atoms with van der Waals surface area (Å²) < 4.78 is 6.42. The Bertz CT molecular complexity index is 1230. The number of aryl methyl sites for hydroxylation is 1. The van der Waals surface area contributed by atoms with Crippen LogP contribution in [-0.4, -0.2) is 38.2 Å². The SMILES string of the molecule is CCOC(=O)c1sc2ncn(C(CC)C(=O)Nc3nnc(C4CCCCC4)s3)c(=O)c2c1C. The van der Waals surface area contributed by atoms with Gasteiger partial charge in [-0.3, -0.25) is 19.5 Å². The van der Waals surface area contributed by atoms with Crippen molar-refractivity contribution in [2.45, 2.75) is 71.3 Å². The summed E-state index contributed by atoms with van der Waals surface area (Å²) in [6.07, 6.45) is 7.63. The largest absolute Gasteiger partial charge is 0.462 e. The van der Waals surface area contributed by atoms with E-state index in [-0.39, 0.29) is 18.1 Å². The van der Waals surface area contributed by atoms with Crippen LogP contribution in [0.3, 0.4) is 0 Å². The van der Waals surface area contributed by atoms with E-state index in [9.17, 15) is 14.4 Å². The van der Waals surface area contributed by atoms with Gasteiger partial charge in [0.2, 0.25) is 11.0 Å². The summed E-state index contributed by atoms with van der Waals surface area (Å²) in [7, 11) is 0. The van der Waals surface area contributed by atoms with Crippen LogP contribution in [0.5, 0.6) is 0 Å². The summed E-state index contributed by atoms with van der Waals surface area (Å²) in [5.74, 6) is -0.405. The van der Waals surface area contributed by atoms with Crippen LogP contribution in [0.1, 0.15) is 84.6 Å². The fourth-order valence-corrected chi connectivity index (χ4v) is 6.20. The number of aromatic nitrogens is 4. The van der Waals surface area contributed by atoms with Gasteiger partial charge in [-0.15, -0.1) is 21.5 Å². The van der Waals surface area contributed by atoms with Gasteiger partial charge in [-0.2, -0.15) is 0 Å². The molecule has 1 unspecified atom stereocenters. The van der Waals surface area contributed by atoms with E-state index in [2.05, 4.69) is 20.5 Å². The summed E-state index contributed by atoms with van der Waals surface area (Å²) in [6.45, 7) is 5.51. The number of anilines is 1. The first-order chi connectivity index (χ1) is 15.9. The number of thiophene rings is 1. The number of amides is 1. The van der Waals surface area contributed by atoms with Crippen LogP contribution in [0.2, 0.25) is 0 Å². The molecule has 3 heterocycles. The molecule has 1 saturated carbocycles. The van der Waals surface area contributed by atoms with E-state index in [0.717, 1.165) is 29.2 Å². The van der Waals surface area contributed by atoms with Crippen molar-refractivity contribution in [3.05, 3.63) is 32.1 Å². The van der Waals surface area contributed by atoms with Crippen molar-refractivity contribution < 1.29 is 14.3 Å². The molecule has 1 aliphatic rings. The molecular weight excluding hydrogens is 462 g/mol. The third kappa shape index (κ3) is 4.70. The first kappa shape index (κ1) is 23.5. The van der Waals surface area contributed by atoms with Crippen LogP contribution in [-0.2, 0) is 9.53 Å². The van der Waals surface area contributed by atoms with Gasteiger partial charge in [0.05, 0.1) is 18.3 Å². The number of hydrogen-bond acceptors (Lipinski definition) is 9. The minimum absolute atomic E-state index is 0.246. The molecule has 33 heavy (non-hydrogen) atoms. The summed E-state index contributed by atoms with van der Waals surface area (Å²) in [4.78, 5) is 43.7. The van der Waals surface area contributed by atoms with Crippen LogP contribution >= 0.6 is 22.7 Å². The fourth-order valence-electron chi connectivity index (χ4n) is 4.25. The Balaban J connectivity index is 1.58. The second-order valence-electron chi connectivity index (χ2n) is 8.11. The maximum atomic E-state index is 13.3. The van der Waals surface area contributed by atoms with Crippen LogP contribution in [0.25, 0.3) is 10.2 Å². The normalized spacial score (nSPS) is 15.5. The Morgan fingerprint density at radius 3 is 2.67 bits per heavy atom. The molecule has 3 aromatic rings. The molecule has 3 aromatic heterocycles. The highest BCUT2D eigenvalue weighted by Crippen LogP contribution is 2.35. The highest BCUT2D eigenvalue weighted by atomic mass is 32.1. The van der Waals surface area contributed by atoms with Gasteiger partial charge in [0.15, 0.2) is 0 Å². The van der Waals surface area contributed by atoms with Crippen molar-refractivity contribution in [1.82, 2.24) is 19.7 Å². The number of carbonyl (C=O) groups excluding carboxylic acids is 2. The summed E-state index contributed by atoms with van der Waals surface area (Å²) >= 11 is 2.53. The zero-order valence-corrected chi connectivity index (χ0v) is 20.6. The average Bonchev–Trinajstić information content (AvgIpc) is 3.41. The fraction of sp³-hybridized carbons (Fsp3) is 0.545. The highest BCUT2D eigenvalue weighted by Gasteiger charge is 2.26. The predicted molar refractivity (Wildman–Crippen MR) is 128 cm³/mol. The lowest BCUT2D eigenvalue weighted by Crippen LogP contribution is -2.33. The Kier molecular flexibility index (Phi) is 7.18. The van der Waals surface area contributed by atoms with Crippen molar-refractivity contribution in [2.75, 3.05) is 11.9 Å². The first-order valence-electron chi connectivity index (χ1n) is 11.3. The molecule has 9 nitrogen and oxygen atoms in total. The third-order valence-corrected chi connectivity index (χ3v) is 8.17. The highest BCUT2D eigenvalue weighted by molar-refractivity contribution is 7.20. The van der Waals surface area contributed by atoms with Crippen LogP contribution < -0.4 is 10.9 Å². The lowest BCUT2D eigenvalue weighted by atomic mass is 9.90. The molecule has 0 saturated heterocycles. The van der Waals surface area contributed by atoms with Crippen molar-refractivity contribution in [3.8, 4) is 0 Å². The molecule has 0 bridgehead atoms. The number of hydrogen-bond donors (Lipinski definition) is 1. The molecular formula is C22H27N5O4S2. The summed E-state index contributed by atoms with van der Waals surface area (Å²) in [6, 6.07) is -0.762. The van der Waals surface area contributed by atoms with Crippen molar-refractivity contribution in [1.29, 1.82) is 0 Å².